The minimum absolute atomic E-state index is 0.0532. The summed E-state index contributed by atoms with van der Waals surface area (Å²) in [4.78, 5) is 5.03. The second-order valence-corrected chi connectivity index (χ2v) is 24.1. The summed E-state index contributed by atoms with van der Waals surface area (Å²) >= 11 is 0. The zero-order valence-corrected chi connectivity index (χ0v) is 45.5. The fraction of sp³-hybridized carbons (Fsp3) is 0.200. The first-order valence-electron chi connectivity index (χ1n) is 34.7. The van der Waals surface area contributed by atoms with E-state index in [2.05, 4.69) is 83.6 Å². The van der Waals surface area contributed by atoms with Crippen molar-refractivity contribution in [3.8, 4) is 84.3 Å². The molecule has 0 saturated carbocycles. The van der Waals surface area contributed by atoms with Gasteiger partial charge in [0.1, 0.15) is 17.3 Å². The molecule has 12 aromatic rings. The molecule has 3 aliphatic rings. The van der Waals surface area contributed by atoms with Crippen molar-refractivity contribution in [1.29, 1.82) is 0 Å². The number of benzene rings is 9. The second kappa shape index (κ2) is 17.1. The quantitative estimate of drug-likeness (QED) is 0.127. The molecule has 390 valence electrons. The smallest absolute Gasteiger partial charge is 0.269 e. The van der Waals surface area contributed by atoms with Gasteiger partial charge in [0.25, 0.3) is 6.33 Å². The van der Waals surface area contributed by atoms with Crippen LogP contribution in [0.4, 0.5) is 0 Å². The number of hydrogen-bond acceptors (Lipinski definition) is 2. The van der Waals surface area contributed by atoms with Crippen molar-refractivity contribution < 1.29 is 29.9 Å². The number of hydrogen-bond donors (Lipinski definition) is 0. The summed E-state index contributed by atoms with van der Waals surface area (Å²) in [6.07, 6.45) is 7.50. The SMILES string of the molecule is [2H]c1c([2H])c([2H])c(-c2cccc3c2-[n+]2[c-]n(-c4cccc(Oc5ccc6c7cc8c(cc7n(-c7cc(C(C)(C)C)ccn7)c6c5)C(C)(C)CCC8(C)C)c4)c4c5c(cc(c42)-c2ccccc2-c2ccccc2-3)-c2c([2H])c([2H])c([2H])c([2H])c2C5(C([2H])([2H])[2H])C([2H])([2H])[2H])c([2H])c1[2H]. The lowest BCUT2D eigenvalue weighted by Crippen LogP contribution is -2.33. The fourth-order valence-corrected chi connectivity index (χ4v) is 13.0. The van der Waals surface area contributed by atoms with E-state index in [1.807, 2.05) is 79.0 Å². The van der Waals surface area contributed by atoms with E-state index in [-0.39, 0.29) is 66.5 Å². The zero-order chi connectivity index (χ0) is 67.4. The lowest BCUT2D eigenvalue weighted by Gasteiger charge is -2.42. The maximum absolute atomic E-state index is 9.67. The molecule has 0 atom stereocenters. The second-order valence-electron chi connectivity index (χ2n) is 24.1. The molecule has 0 amide bonds. The van der Waals surface area contributed by atoms with Crippen molar-refractivity contribution in [3.63, 3.8) is 0 Å². The number of rotatable bonds is 5. The van der Waals surface area contributed by atoms with Gasteiger partial charge in [-0.25, -0.2) is 4.98 Å². The van der Waals surface area contributed by atoms with Gasteiger partial charge >= 0.3 is 0 Å². The highest BCUT2D eigenvalue weighted by Crippen LogP contribution is 2.56. The Balaban J connectivity index is 1.06. The Morgan fingerprint density at radius 1 is 0.575 bits per heavy atom. The third-order valence-corrected chi connectivity index (χ3v) is 17.2. The maximum atomic E-state index is 9.67. The van der Waals surface area contributed by atoms with Crippen LogP contribution in [0.2, 0.25) is 0 Å². The van der Waals surface area contributed by atoms with Crippen LogP contribution in [-0.4, -0.2) is 14.1 Å². The first-order chi connectivity index (χ1) is 44.8. The summed E-state index contributed by atoms with van der Waals surface area (Å²) in [5, 5.41) is 2.06. The van der Waals surface area contributed by atoms with E-state index >= 15 is 0 Å². The summed E-state index contributed by atoms with van der Waals surface area (Å²) in [7, 11) is 0. The predicted octanol–water partition coefficient (Wildman–Crippen LogP) is 18.9. The molecule has 0 saturated heterocycles. The first-order valence-corrected chi connectivity index (χ1v) is 27.2. The highest BCUT2D eigenvalue weighted by atomic mass is 16.5. The summed E-state index contributed by atoms with van der Waals surface area (Å²) in [6.45, 7) is 8.65. The van der Waals surface area contributed by atoms with Gasteiger partial charge in [0, 0.05) is 36.7 Å². The molecule has 5 nitrogen and oxygen atoms in total. The summed E-state index contributed by atoms with van der Waals surface area (Å²) in [5.41, 5.74) is 4.79. The largest absolute Gasteiger partial charge is 0.458 e. The standard InChI is InChI=1S/C75H64N4O/c1-72(2,3)47-35-38-76-67(39-47)79-65-41-50(33-34-57(65)59-43-63-64(44-66(59)79)74(6,7)37-36-73(63,4)5)80-49-24-19-23-48(40-49)77-45-78-69-51(46-21-11-10-12-22-46)30-20-31-58(69)54-27-15-13-25-52(54)53-26-14-16-28-55(53)61-42-60-56-29-17-18-32-62(56)75(8,9)68(60)71(77)70(61)78/h10-35,38-44H,36-37H2,1-9H3/i8D3,9D3,10D,11D,12D,17D,18D,21D,22D,29D,32D. The topological polar surface area (TPSA) is 35.9 Å². The van der Waals surface area contributed by atoms with Gasteiger partial charge in [-0.15, -0.1) is 0 Å². The molecule has 9 aromatic carbocycles. The fourth-order valence-electron chi connectivity index (χ4n) is 13.0. The van der Waals surface area contributed by atoms with Crippen LogP contribution in [0.1, 0.15) is 123 Å². The number of imidazole rings is 1. The van der Waals surface area contributed by atoms with Gasteiger partial charge in [0.2, 0.25) is 0 Å². The number of ether oxygens (including phenoxy) is 1. The van der Waals surface area contributed by atoms with Gasteiger partial charge in [0.15, 0.2) is 0 Å². The summed E-state index contributed by atoms with van der Waals surface area (Å²) < 4.78 is 153. The molecule has 0 fully saturated rings. The third kappa shape index (κ3) is 7.15. The van der Waals surface area contributed by atoms with Gasteiger partial charge in [-0.05, 0) is 167 Å². The molecule has 5 heteroatoms. The van der Waals surface area contributed by atoms with Crippen LogP contribution in [-0.2, 0) is 21.7 Å². The van der Waals surface area contributed by atoms with Crippen molar-refractivity contribution >= 4 is 32.8 Å². The molecule has 15 rings (SSSR count). The minimum atomic E-state index is -3.56. The molecular weight excluding hydrogens is 973 g/mol. The third-order valence-electron chi connectivity index (χ3n) is 17.2. The molecule has 0 N–H and O–H groups in total. The Bertz CT molecular complexity index is 5330. The molecule has 2 aliphatic carbocycles. The van der Waals surface area contributed by atoms with Crippen LogP contribution in [0.3, 0.4) is 0 Å². The van der Waals surface area contributed by atoms with Gasteiger partial charge in [-0.1, -0.05) is 195 Å². The molecule has 4 heterocycles. The van der Waals surface area contributed by atoms with Crippen molar-refractivity contribution in [1.82, 2.24) is 14.1 Å². The molecule has 3 aromatic heterocycles. The van der Waals surface area contributed by atoms with Gasteiger partial charge in [0.05, 0.1) is 45.8 Å². The number of fused-ring (bicyclic) bond motifs is 15. The van der Waals surface area contributed by atoms with Crippen LogP contribution >= 0.6 is 0 Å². The van der Waals surface area contributed by atoms with Crippen molar-refractivity contribution in [3.05, 3.63) is 234 Å². The van der Waals surface area contributed by atoms with E-state index < -0.39 is 79.1 Å². The predicted molar refractivity (Wildman–Crippen MR) is 329 cm³/mol. The summed E-state index contributed by atoms with van der Waals surface area (Å²) in [6, 6.07) is 38.0. The average Bonchev–Trinajstić information content (AvgIpc) is 1.50. The Morgan fingerprint density at radius 3 is 1.95 bits per heavy atom. The Hall–Kier alpha value is -8.80. The average molecular weight is 1050 g/mol. The lowest BCUT2D eigenvalue weighted by molar-refractivity contribution is -0.570. The molecule has 0 unspecified atom stereocenters. The van der Waals surface area contributed by atoms with Gasteiger partial charge in [-0.3, -0.25) is 13.7 Å². The van der Waals surface area contributed by atoms with Crippen LogP contribution in [0.15, 0.2) is 200 Å². The molecular formula is C75H64N4O. The van der Waals surface area contributed by atoms with Crippen LogP contribution < -0.4 is 9.30 Å². The van der Waals surface area contributed by atoms with E-state index in [4.69, 9.17) is 16.6 Å². The monoisotopic (exact) mass is 1050 g/mol. The number of pyridine rings is 1. The van der Waals surface area contributed by atoms with Crippen LogP contribution in [0, 0.1) is 6.33 Å². The van der Waals surface area contributed by atoms with E-state index in [1.165, 1.54) is 15.7 Å². The highest BCUT2D eigenvalue weighted by molar-refractivity contribution is 6.11. The lowest BCUT2D eigenvalue weighted by atomic mass is 9.63. The molecule has 0 radical (unpaired) electrons. The molecule has 80 heavy (non-hydrogen) atoms. The zero-order valence-electron chi connectivity index (χ0n) is 60.5. The number of para-hydroxylation sites is 1. The Morgan fingerprint density at radius 2 is 1.21 bits per heavy atom. The van der Waals surface area contributed by atoms with Crippen LogP contribution in [0.25, 0.3) is 106 Å². The maximum Gasteiger partial charge on any atom is 0.269 e. The molecule has 0 bridgehead atoms. The van der Waals surface area contributed by atoms with Crippen molar-refractivity contribution in [2.75, 3.05) is 0 Å². The number of aromatic nitrogens is 4. The van der Waals surface area contributed by atoms with Gasteiger partial charge < -0.3 is 4.74 Å². The van der Waals surface area contributed by atoms with E-state index in [0.717, 1.165) is 46.0 Å². The number of nitrogens with zero attached hydrogens (tertiary/aromatic N) is 4. The first kappa shape index (κ1) is 34.9. The molecule has 1 aliphatic heterocycles. The van der Waals surface area contributed by atoms with Crippen LogP contribution in [0.5, 0.6) is 11.5 Å². The van der Waals surface area contributed by atoms with E-state index in [0.29, 0.717) is 44.9 Å². The highest BCUT2D eigenvalue weighted by Gasteiger charge is 2.41. The van der Waals surface area contributed by atoms with Gasteiger partial charge in [-0.2, -0.15) is 0 Å². The van der Waals surface area contributed by atoms with Crippen molar-refractivity contribution in [2.45, 2.75) is 96.7 Å². The van der Waals surface area contributed by atoms with E-state index in [1.54, 1.807) is 47.0 Å². The summed E-state index contributed by atoms with van der Waals surface area (Å²) in [5.74, 6) is 1.49. The normalized spacial score (nSPS) is 18.3. The minimum Gasteiger partial charge on any atom is -0.458 e. The van der Waals surface area contributed by atoms with E-state index in [9.17, 15) is 13.7 Å². The molecule has 0 spiro atoms. The van der Waals surface area contributed by atoms with Crippen molar-refractivity contribution in [2.24, 2.45) is 0 Å². The Labute approximate surface area is 490 Å². The Kier molecular flexibility index (Phi) is 7.47.